The maximum absolute atomic E-state index is 12.3. The van der Waals surface area contributed by atoms with Crippen molar-refractivity contribution in [2.75, 3.05) is 5.75 Å². The fourth-order valence-electron chi connectivity index (χ4n) is 1.64. The van der Waals surface area contributed by atoms with Crippen molar-refractivity contribution in [3.05, 3.63) is 32.4 Å². The van der Waals surface area contributed by atoms with Crippen molar-refractivity contribution in [3.63, 3.8) is 0 Å². The predicted molar refractivity (Wildman–Crippen MR) is 80.1 cm³/mol. The van der Waals surface area contributed by atoms with Gasteiger partial charge in [0, 0.05) is 23.2 Å². The van der Waals surface area contributed by atoms with Gasteiger partial charge in [0.1, 0.15) is 4.83 Å². The van der Waals surface area contributed by atoms with Crippen LogP contribution in [0.25, 0.3) is 10.2 Å². The van der Waals surface area contributed by atoms with E-state index in [2.05, 4.69) is 4.98 Å². The molecule has 0 radical (unpaired) electrons. The number of aromatic nitrogens is 2. The molecule has 18 heavy (non-hydrogen) atoms. The minimum atomic E-state index is 0.0270. The Kier molecular flexibility index (Phi) is 4.14. The van der Waals surface area contributed by atoms with Crippen LogP contribution in [0.15, 0.2) is 21.6 Å². The van der Waals surface area contributed by atoms with Crippen LogP contribution in [0, 0.1) is 13.8 Å². The molecule has 3 nitrogen and oxygen atoms in total. The first kappa shape index (κ1) is 13.6. The number of nitrogens with zero attached hydrogens (tertiary/aromatic N) is 2. The zero-order valence-corrected chi connectivity index (χ0v) is 12.7. The van der Waals surface area contributed by atoms with Gasteiger partial charge >= 0.3 is 0 Å². The molecule has 0 aliphatic rings. The highest BCUT2D eigenvalue weighted by atomic mass is 35.5. The van der Waals surface area contributed by atoms with E-state index in [9.17, 15) is 4.79 Å². The summed E-state index contributed by atoms with van der Waals surface area (Å²) in [5.41, 5.74) is 2.54. The normalized spacial score (nSPS) is 11.8. The van der Waals surface area contributed by atoms with Crippen molar-refractivity contribution in [1.29, 1.82) is 0 Å². The quantitative estimate of drug-likeness (QED) is 0.643. The van der Waals surface area contributed by atoms with Crippen LogP contribution in [0.4, 0.5) is 0 Å². The summed E-state index contributed by atoms with van der Waals surface area (Å²) in [6.07, 6.45) is 1.83. The second-order valence-electron chi connectivity index (χ2n) is 3.89. The third-order valence-corrected chi connectivity index (χ3v) is 5.03. The van der Waals surface area contributed by atoms with Crippen molar-refractivity contribution in [2.45, 2.75) is 19.0 Å². The van der Waals surface area contributed by atoms with Gasteiger partial charge < -0.3 is 0 Å². The predicted octanol–water partition coefficient (Wildman–Crippen LogP) is 3.46. The van der Waals surface area contributed by atoms with Gasteiger partial charge in [0.2, 0.25) is 0 Å². The highest BCUT2D eigenvalue weighted by Gasteiger charge is 2.14. The molecule has 0 bridgehead atoms. The molecule has 0 amide bonds. The van der Waals surface area contributed by atoms with Gasteiger partial charge in [-0.05, 0) is 19.4 Å². The van der Waals surface area contributed by atoms with Crippen LogP contribution < -0.4 is 5.56 Å². The topological polar surface area (TPSA) is 34.9 Å². The minimum Gasteiger partial charge on any atom is -0.290 e. The Balaban J connectivity index is 2.57. The number of hydrogen-bond donors (Lipinski definition) is 0. The van der Waals surface area contributed by atoms with Crippen molar-refractivity contribution >= 4 is 44.9 Å². The highest BCUT2D eigenvalue weighted by Crippen LogP contribution is 2.27. The molecule has 0 fully saturated rings. The Morgan fingerprint density at radius 2 is 2.22 bits per heavy atom. The Morgan fingerprint density at radius 1 is 1.50 bits per heavy atom. The van der Waals surface area contributed by atoms with Gasteiger partial charge in [-0.1, -0.05) is 29.4 Å². The molecule has 0 unspecified atom stereocenters. The molecular weight excluding hydrogens is 288 g/mol. The van der Waals surface area contributed by atoms with Crippen LogP contribution in [0.2, 0.25) is 0 Å². The number of thioether (sulfide) groups is 1. The molecule has 2 heterocycles. The van der Waals surface area contributed by atoms with Gasteiger partial charge in [0.05, 0.1) is 5.39 Å². The van der Waals surface area contributed by atoms with E-state index in [1.165, 1.54) is 17.3 Å². The van der Waals surface area contributed by atoms with E-state index in [-0.39, 0.29) is 5.56 Å². The number of fused-ring (bicyclic) bond motifs is 1. The summed E-state index contributed by atoms with van der Waals surface area (Å²) < 4.78 is 1.61. The molecule has 0 atom stereocenters. The molecule has 0 N–H and O–H groups in total. The Hall–Kier alpha value is -0.780. The number of aryl methyl sites for hydroxylation is 2. The molecule has 6 heteroatoms. The third-order valence-electron chi connectivity index (χ3n) is 2.77. The fraction of sp³-hybridized carbons (Fsp3) is 0.333. The second-order valence-corrected chi connectivity index (χ2v) is 6.34. The summed E-state index contributed by atoms with van der Waals surface area (Å²) in [4.78, 5) is 18.8. The molecule has 0 aliphatic heterocycles. The fourth-order valence-corrected chi connectivity index (χ4v) is 3.69. The van der Waals surface area contributed by atoms with Crippen LogP contribution in [-0.2, 0) is 7.05 Å². The summed E-state index contributed by atoms with van der Waals surface area (Å²) in [5.74, 6) is 0.707. The van der Waals surface area contributed by atoms with Gasteiger partial charge in [-0.15, -0.1) is 11.3 Å². The largest absolute Gasteiger partial charge is 0.290 e. The number of rotatable bonds is 3. The molecule has 0 saturated heterocycles. The molecule has 96 valence electrons. The molecule has 0 spiro atoms. The van der Waals surface area contributed by atoms with Gasteiger partial charge in [-0.2, -0.15) is 0 Å². The van der Waals surface area contributed by atoms with Gasteiger partial charge in [0.15, 0.2) is 5.16 Å². The van der Waals surface area contributed by atoms with Gasteiger partial charge in [-0.25, -0.2) is 4.98 Å². The van der Waals surface area contributed by atoms with E-state index >= 15 is 0 Å². The maximum atomic E-state index is 12.3. The molecule has 0 saturated carbocycles. The lowest BCUT2D eigenvalue weighted by Crippen LogP contribution is -2.19. The molecule has 2 aromatic rings. The summed E-state index contributed by atoms with van der Waals surface area (Å²) >= 11 is 8.55. The summed E-state index contributed by atoms with van der Waals surface area (Å²) in [5, 5.41) is 1.47. The standard InChI is InChI=1S/C12H13ClN2OS2/c1-7-8(2)18-10-9(7)11(16)15(3)12(14-10)17-6-4-5-13/h4-5H,6H2,1-3H3/b5-4+. The Bertz CT molecular complexity index is 673. The Morgan fingerprint density at radius 3 is 2.89 bits per heavy atom. The lowest BCUT2D eigenvalue weighted by atomic mass is 10.2. The first-order chi connectivity index (χ1) is 8.56. The van der Waals surface area contributed by atoms with Crippen molar-refractivity contribution in [1.82, 2.24) is 9.55 Å². The zero-order valence-electron chi connectivity index (χ0n) is 10.4. The number of halogens is 1. The van der Waals surface area contributed by atoms with E-state index in [1.807, 2.05) is 19.9 Å². The lowest BCUT2D eigenvalue weighted by Gasteiger charge is -2.05. The first-order valence-corrected chi connectivity index (χ1v) is 7.65. The van der Waals surface area contributed by atoms with Gasteiger partial charge in [-0.3, -0.25) is 9.36 Å². The zero-order chi connectivity index (χ0) is 13.3. The molecule has 2 rings (SSSR count). The second kappa shape index (κ2) is 5.47. The van der Waals surface area contributed by atoms with E-state index in [4.69, 9.17) is 11.6 Å². The smallest absolute Gasteiger partial charge is 0.262 e. The van der Waals surface area contributed by atoms with Crippen molar-refractivity contribution in [3.8, 4) is 0 Å². The average Bonchev–Trinajstić information content (AvgIpc) is 2.62. The average molecular weight is 301 g/mol. The van der Waals surface area contributed by atoms with Crippen LogP contribution in [0.5, 0.6) is 0 Å². The number of hydrogen-bond acceptors (Lipinski definition) is 4. The van der Waals surface area contributed by atoms with Crippen molar-refractivity contribution < 1.29 is 0 Å². The van der Waals surface area contributed by atoms with E-state index in [0.717, 1.165) is 25.8 Å². The minimum absolute atomic E-state index is 0.0270. The number of thiophene rings is 1. The van der Waals surface area contributed by atoms with E-state index < -0.39 is 0 Å². The van der Waals surface area contributed by atoms with Crippen LogP contribution in [0.1, 0.15) is 10.4 Å². The molecule has 2 aromatic heterocycles. The highest BCUT2D eigenvalue weighted by molar-refractivity contribution is 7.99. The van der Waals surface area contributed by atoms with Crippen LogP contribution in [-0.4, -0.2) is 15.3 Å². The third kappa shape index (κ3) is 2.35. The summed E-state index contributed by atoms with van der Waals surface area (Å²) in [7, 11) is 1.76. The molecule has 0 aliphatic carbocycles. The van der Waals surface area contributed by atoms with Crippen molar-refractivity contribution in [2.24, 2.45) is 7.05 Å². The first-order valence-electron chi connectivity index (χ1n) is 5.41. The monoisotopic (exact) mass is 300 g/mol. The van der Waals surface area contributed by atoms with Crippen LogP contribution in [0.3, 0.4) is 0 Å². The summed E-state index contributed by atoms with van der Waals surface area (Å²) in [6.45, 7) is 3.99. The van der Waals surface area contributed by atoms with Crippen LogP contribution >= 0.6 is 34.7 Å². The SMILES string of the molecule is Cc1sc2nc(SC/C=C/Cl)n(C)c(=O)c2c1C. The van der Waals surface area contributed by atoms with Gasteiger partial charge in [0.25, 0.3) is 5.56 Å². The van der Waals surface area contributed by atoms with E-state index in [1.54, 1.807) is 23.0 Å². The lowest BCUT2D eigenvalue weighted by molar-refractivity contribution is 0.728. The molecular formula is C12H13ClN2OS2. The molecule has 0 aromatic carbocycles. The maximum Gasteiger partial charge on any atom is 0.262 e. The Labute approximate surface area is 118 Å². The van der Waals surface area contributed by atoms with E-state index in [0.29, 0.717) is 5.75 Å². The summed E-state index contributed by atoms with van der Waals surface area (Å²) in [6, 6.07) is 0.